The van der Waals surface area contributed by atoms with Gasteiger partial charge >= 0.3 is 6.18 Å². The number of aryl methyl sites for hydroxylation is 1. The van der Waals surface area contributed by atoms with Gasteiger partial charge in [0.15, 0.2) is 0 Å². The SMILES string of the molecule is Cc1cc(C#N)cc(C(N)=O)c1NC(=O)c1cc(Cn2nnc(C(F)(F)F)n2)nn1C1CC1. The van der Waals surface area contributed by atoms with Crippen molar-refractivity contribution in [1.82, 2.24) is 30.0 Å². The second kappa shape index (κ2) is 8.01. The van der Waals surface area contributed by atoms with Crippen molar-refractivity contribution < 1.29 is 22.8 Å². The average molecular weight is 459 g/mol. The maximum absolute atomic E-state index is 13.1. The highest BCUT2D eigenvalue weighted by molar-refractivity contribution is 6.09. The van der Waals surface area contributed by atoms with Gasteiger partial charge in [-0.2, -0.15) is 28.3 Å². The Morgan fingerprint density at radius 3 is 2.58 bits per heavy atom. The predicted molar refractivity (Wildman–Crippen MR) is 105 cm³/mol. The minimum Gasteiger partial charge on any atom is -0.366 e. The Balaban J connectivity index is 1.63. The molecule has 0 saturated heterocycles. The lowest BCUT2D eigenvalue weighted by atomic mass is 10.0. The number of primary amides is 1. The number of nitrogens with one attached hydrogen (secondary N) is 1. The maximum atomic E-state index is 13.1. The molecule has 1 saturated carbocycles. The standard InChI is InChI=1S/C19H16F3N9O2/c1-9-4-10(7-23)5-13(16(24)32)15(9)25-17(33)14-6-11(27-31(14)12-2-3-12)8-30-28-18(26-29-30)19(20,21)22/h4-6,12H,2-3,8H2,1H3,(H2,24,32)(H,25,33). The average Bonchev–Trinajstić information content (AvgIpc) is 3.32. The van der Waals surface area contributed by atoms with Crippen LogP contribution in [0.4, 0.5) is 18.9 Å². The molecule has 0 aliphatic heterocycles. The number of rotatable bonds is 6. The van der Waals surface area contributed by atoms with Crippen LogP contribution in [-0.2, 0) is 12.7 Å². The molecule has 2 heterocycles. The van der Waals surface area contributed by atoms with Crippen LogP contribution in [0.2, 0.25) is 0 Å². The first kappa shape index (κ1) is 21.9. The molecule has 1 aliphatic carbocycles. The van der Waals surface area contributed by atoms with Crippen LogP contribution >= 0.6 is 0 Å². The van der Waals surface area contributed by atoms with Gasteiger partial charge in [0.2, 0.25) is 0 Å². The Hall–Kier alpha value is -4.28. The topological polar surface area (TPSA) is 157 Å². The molecule has 3 aromatic rings. The summed E-state index contributed by atoms with van der Waals surface area (Å²) in [4.78, 5) is 25.7. The number of benzene rings is 1. The smallest absolute Gasteiger partial charge is 0.366 e. The van der Waals surface area contributed by atoms with Crippen LogP contribution in [-0.4, -0.2) is 41.8 Å². The summed E-state index contributed by atoms with van der Waals surface area (Å²) in [7, 11) is 0. The van der Waals surface area contributed by atoms with Gasteiger partial charge in [-0.1, -0.05) is 0 Å². The number of tetrazole rings is 1. The van der Waals surface area contributed by atoms with E-state index in [4.69, 9.17) is 11.0 Å². The highest BCUT2D eigenvalue weighted by atomic mass is 19.4. The van der Waals surface area contributed by atoms with E-state index in [2.05, 4.69) is 25.8 Å². The normalized spacial score (nSPS) is 13.5. The van der Waals surface area contributed by atoms with Gasteiger partial charge in [0.05, 0.1) is 34.6 Å². The quantitative estimate of drug-likeness (QED) is 0.569. The van der Waals surface area contributed by atoms with Crippen LogP contribution in [0.15, 0.2) is 18.2 Å². The third-order valence-electron chi connectivity index (χ3n) is 4.89. The third kappa shape index (κ3) is 4.52. The highest BCUT2D eigenvalue weighted by Gasteiger charge is 2.37. The second-order valence-electron chi connectivity index (χ2n) is 7.48. The van der Waals surface area contributed by atoms with E-state index in [1.54, 1.807) is 6.92 Å². The maximum Gasteiger partial charge on any atom is 0.455 e. The number of hydrogen-bond donors (Lipinski definition) is 2. The molecule has 33 heavy (non-hydrogen) atoms. The zero-order chi connectivity index (χ0) is 23.9. The van der Waals surface area contributed by atoms with E-state index < -0.39 is 23.8 Å². The summed E-state index contributed by atoms with van der Waals surface area (Å²) in [6.45, 7) is 1.38. The van der Waals surface area contributed by atoms with Crippen molar-refractivity contribution in [2.45, 2.75) is 38.5 Å². The van der Waals surface area contributed by atoms with E-state index in [1.165, 1.54) is 22.9 Å². The van der Waals surface area contributed by atoms with E-state index in [-0.39, 0.29) is 40.8 Å². The molecule has 170 valence electrons. The molecule has 1 aromatic carbocycles. The van der Waals surface area contributed by atoms with Gasteiger partial charge in [0.25, 0.3) is 17.6 Å². The molecule has 4 rings (SSSR count). The van der Waals surface area contributed by atoms with Crippen molar-refractivity contribution in [2.24, 2.45) is 5.73 Å². The van der Waals surface area contributed by atoms with Crippen LogP contribution < -0.4 is 11.1 Å². The summed E-state index contributed by atoms with van der Waals surface area (Å²) in [5.41, 5.74) is 6.61. The van der Waals surface area contributed by atoms with E-state index in [0.717, 1.165) is 17.6 Å². The van der Waals surface area contributed by atoms with Gasteiger partial charge in [-0.25, -0.2) is 0 Å². The number of carbonyl (C=O) groups is 2. The molecule has 1 aliphatic rings. The molecular weight excluding hydrogens is 443 g/mol. The largest absolute Gasteiger partial charge is 0.455 e. The number of nitrogens with zero attached hydrogens (tertiary/aromatic N) is 7. The molecule has 14 heteroatoms. The molecule has 11 nitrogen and oxygen atoms in total. The Labute approximate surface area is 184 Å². The Kier molecular flexibility index (Phi) is 5.32. The van der Waals surface area contributed by atoms with Gasteiger partial charge < -0.3 is 11.1 Å². The van der Waals surface area contributed by atoms with Crippen LogP contribution in [0, 0.1) is 18.3 Å². The minimum absolute atomic E-state index is 0.0240. The van der Waals surface area contributed by atoms with E-state index in [0.29, 0.717) is 5.56 Å². The van der Waals surface area contributed by atoms with Crippen molar-refractivity contribution in [3.05, 3.63) is 52.1 Å². The van der Waals surface area contributed by atoms with Crippen LogP contribution in [0.1, 0.15) is 62.4 Å². The number of nitriles is 1. The van der Waals surface area contributed by atoms with E-state index in [9.17, 15) is 22.8 Å². The third-order valence-corrected chi connectivity index (χ3v) is 4.89. The molecule has 0 radical (unpaired) electrons. The van der Waals surface area contributed by atoms with Crippen molar-refractivity contribution in [1.29, 1.82) is 5.26 Å². The van der Waals surface area contributed by atoms with Gasteiger partial charge in [-0.3, -0.25) is 14.3 Å². The zero-order valence-corrected chi connectivity index (χ0v) is 17.1. The second-order valence-corrected chi connectivity index (χ2v) is 7.48. The van der Waals surface area contributed by atoms with E-state index in [1.807, 2.05) is 6.07 Å². The summed E-state index contributed by atoms with van der Waals surface area (Å²) < 4.78 is 39.6. The summed E-state index contributed by atoms with van der Waals surface area (Å²) in [5.74, 6) is -2.80. The van der Waals surface area contributed by atoms with Gasteiger partial charge in [0.1, 0.15) is 12.2 Å². The van der Waals surface area contributed by atoms with Crippen LogP contribution in [0.5, 0.6) is 0 Å². The number of hydrogen-bond acceptors (Lipinski definition) is 7. The number of anilines is 1. The fourth-order valence-corrected chi connectivity index (χ4v) is 3.25. The molecule has 0 bridgehead atoms. The van der Waals surface area contributed by atoms with Crippen molar-refractivity contribution >= 4 is 17.5 Å². The molecule has 3 N–H and O–H groups in total. The van der Waals surface area contributed by atoms with Crippen LogP contribution in [0.25, 0.3) is 0 Å². The number of amides is 2. The lowest BCUT2D eigenvalue weighted by Gasteiger charge is -2.13. The number of carbonyl (C=O) groups excluding carboxylic acids is 2. The summed E-state index contributed by atoms with van der Waals surface area (Å²) in [6.07, 6.45) is -3.17. The highest BCUT2D eigenvalue weighted by Crippen LogP contribution is 2.36. The van der Waals surface area contributed by atoms with Crippen molar-refractivity contribution in [3.8, 4) is 6.07 Å². The van der Waals surface area contributed by atoms with Crippen LogP contribution in [0.3, 0.4) is 0 Å². The number of nitrogens with two attached hydrogens (primary N) is 1. The fraction of sp³-hybridized carbons (Fsp3) is 0.316. The number of aromatic nitrogens is 6. The molecule has 0 atom stereocenters. The minimum atomic E-state index is -4.73. The van der Waals surface area contributed by atoms with Crippen molar-refractivity contribution in [2.75, 3.05) is 5.32 Å². The summed E-state index contributed by atoms with van der Waals surface area (Å²) in [6, 6.07) is 6.08. The number of halogens is 3. The Morgan fingerprint density at radius 2 is 2.00 bits per heavy atom. The first-order valence-corrected chi connectivity index (χ1v) is 9.66. The molecule has 1 fully saturated rings. The number of alkyl halides is 3. The Bertz CT molecular complexity index is 1300. The predicted octanol–water partition coefficient (Wildman–Crippen LogP) is 1.80. The molecule has 2 amide bonds. The lowest BCUT2D eigenvalue weighted by Crippen LogP contribution is -2.21. The monoisotopic (exact) mass is 459 g/mol. The zero-order valence-electron chi connectivity index (χ0n) is 17.1. The van der Waals surface area contributed by atoms with Gasteiger partial charge in [-0.05, 0) is 48.7 Å². The summed E-state index contributed by atoms with van der Waals surface area (Å²) >= 11 is 0. The Morgan fingerprint density at radius 1 is 1.27 bits per heavy atom. The molecule has 2 aromatic heterocycles. The van der Waals surface area contributed by atoms with E-state index >= 15 is 0 Å². The molecule has 0 unspecified atom stereocenters. The molecule has 0 spiro atoms. The lowest BCUT2D eigenvalue weighted by molar-refractivity contribution is -0.145. The van der Waals surface area contributed by atoms with Crippen molar-refractivity contribution in [3.63, 3.8) is 0 Å². The summed E-state index contributed by atoms with van der Waals surface area (Å²) in [5, 5.41) is 25.7. The van der Waals surface area contributed by atoms with Gasteiger partial charge in [0, 0.05) is 0 Å². The van der Waals surface area contributed by atoms with Gasteiger partial charge in [-0.15, -0.1) is 10.2 Å². The fourth-order valence-electron chi connectivity index (χ4n) is 3.25. The first-order chi connectivity index (χ1) is 15.6. The first-order valence-electron chi connectivity index (χ1n) is 9.66. The molecular formula is C19H16F3N9O2.